The zero-order valence-electron chi connectivity index (χ0n) is 15.6. The minimum Gasteiger partial charge on any atom is -0.459 e. The molecule has 0 atom stereocenters. The van der Waals surface area contributed by atoms with Crippen LogP contribution in [-0.4, -0.2) is 33.7 Å². The lowest BCUT2D eigenvalue weighted by molar-refractivity contribution is -0.144. The Morgan fingerprint density at radius 2 is 1.90 bits per heavy atom. The van der Waals surface area contributed by atoms with Gasteiger partial charge in [-0.2, -0.15) is 18.3 Å². The van der Waals surface area contributed by atoms with Crippen molar-refractivity contribution in [1.82, 2.24) is 9.78 Å². The molecule has 2 heterocycles. The molecule has 2 aromatic rings. The molecule has 0 aromatic carbocycles. The molecule has 0 aliphatic heterocycles. The van der Waals surface area contributed by atoms with Crippen molar-refractivity contribution in [1.29, 1.82) is 0 Å². The first-order valence-corrected chi connectivity index (χ1v) is 9.61. The number of amides is 2. The van der Waals surface area contributed by atoms with E-state index in [9.17, 15) is 27.6 Å². The van der Waals surface area contributed by atoms with Crippen LogP contribution in [0.4, 0.5) is 18.2 Å². The van der Waals surface area contributed by atoms with Gasteiger partial charge in [-0.15, -0.1) is 11.3 Å². The average molecular weight is 497 g/mol. The second kappa shape index (κ2) is 8.14. The van der Waals surface area contributed by atoms with Crippen molar-refractivity contribution in [3.05, 3.63) is 31.9 Å². The van der Waals surface area contributed by atoms with Gasteiger partial charge >= 0.3 is 12.1 Å². The summed E-state index contributed by atoms with van der Waals surface area (Å²) in [4.78, 5) is 36.6. The fraction of sp³-hybridized carbons (Fsp3) is 0.375. The van der Waals surface area contributed by atoms with Crippen LogP contribution >= 0.6 is 27.3 Å². The third-order valence-corrected chi connectivity index (χ3v) is 5.59. The summed E-state index contributed by atoms with van der Waals surface area (Å²) >= 11 is 3.46. The van der Waals surface area contributed by atoms with Gasteiger partial charge < -0.3 is 15.8 Å². The van der Waals surface area contributed by atoms with Crippen molar-refractivity contribution in [3.8, 4) is 0 Å². The third-order valence-electron chi connectivity index (χ3n) is 3.62. The summed E-state index contributed by atoms with van der Waals surface area (Å²) in [5.41, 5.74) is 3.69. The average Bonchev–Trinajstić information content (AvgIpc) is 3.02. The molecule has 2 amide bonds. The molecular weight excluding hydrogens is 481 g/mol. The lowest BCUT2D eigenvalue weighted by Crippen LogP contribution is -2.18. The third kappa shape index (κ3) is 4.61. The molecule has 158 valence electrons. The Balaban J connectivity index is 2.49. The number of nitrogens with zero attached hydrogens (tertiary/aromatic N) is 2. The lowest BCUT2D eigenvalue weighted by atomic mass is 10.1. The van der Waals surface area contributed by atoms with Gasteiger partial charge in [-0.1, -0.05) is 0 Å². The van der Waals surface area contributed by atoms with Crippen molar-refractivity contribution in [3.63, 3.8) is 0 Å². The predicted molar refractivity (Wildman–Crippen MR) is 102 cm³/mol. The van der Waals surface area contributed by atoms with Crippen LogP contribution in [0.3, 0.4) is 0 Å². The van der Waals surface area contributed by atoms with Crippen LogP contribution in [0.2, 0.25) is 0 Å². The van der Waals surface area contributed by atoms with E-state index in [4.69, 9.17) is 10.5 Å². The zero-order valence-corrected chi connectivity index (χ0v) is 18.0. The molecule has 13 heteroatoms. The number of hydrogen-bond acceptors (Lipinski definition) is 6. The summed E-state index contributed by atoms with van der Waals surface area (Å²) in [6.45, 7) is 4.66. The normalized spacial score (nSPS) is 11.6. The maximum atomic E-state index is 13.1. The standard InChI is InChI=1S/C16H16BrF3N4O4S/c1-5(2)28-15(27)7-6(3)10(12(21)25)29-14(7)22-13(26)9-8(17)11(16(18,19)20)24(4)23-9/h5H,1-4H3,(H2,21,25)(H,22,26). The van der Waals surface area contributed by atoms with E-state index in [0.29, 0.717) is 16.0 Å². The van der Waals surface area contributed by atoms with Gasteiger partial charge in [0.1, 0.15) is 5.00 Å². The lowest BCUT2D eigenvalue weighted by Gasteiger charge is -2.10. The van der Waals surface area contributed by atoms with Crippen molar-refractivity contribution < 1.29 is 32.3 Å². The Labute approximate surface area is 175 Å². The molecule has 3 N–H and O–H groups in total. The summed E-state index contributed by atoms with van der Waals surface area (Å²) in [7, 11) is 1.04. The van der Waals surface area contributed by atoms with E-state index in [1.165, 1.54) is 6.92 Å². The first-order chi connectivity index (χ1) is 13.3. The minimum atomic E-state index is -4.75. The Bertz CT molecular complexity index is 997. The van der Waals surface area contributed by atoms with Crippen LogP contribution < -0.4 is 11.1 Å². The number of alkyl halides is 3. The first-order valence-electron chi connectivity index (χ1n) is 8.00. The van der Waals surface area contributed by atoms with Crippen LogP contribution in [-0.2, 0) is 18.0 Å². The highest BCUT2D eigenvalue weighted by atomic mass is 79.9. The molecule has 8 nitrogen and oxygen atoms in total. The van der Waals surface area contributed by atoms with Gasteiger partial charge in [0.05, 0.1) is 21.0 Å². The number of rotatable bonds is 5. The van der Waals surface area contributed by atoms with E-state index < -0.39 is 45.9 Å². The van der Waals surface area contributed by atoms with Gasteiger partial charge in [-0.05, 0) is 42.3 Å². The quantitative estimate of drug-likeness (QED) is 0.614. The number of esters is 1. The van der Waals surface area contributed by atoms with Gasteiger partial charge in [-0.3, -0.25) is 14.3 Å². The molecule has 0 fully saturated rings. The van der Waals surface area contributed by atoms with Crippen molar-refractivity contribution in [2.24, 2.45) is 12.8 Å². The smallest absolute Gasteiger partial charge is 0.434 e. The number of hydrogen-bond donors (Lipinski definition) is 2. The van der Waals surface area contributed by atoms with Crippen LogP contribution in [0.15, 0.2) is 4.47 Å². The Morgan fingerprint density at radius 3 is 2.34 bits per heavy atom. The summed E-state index contributed by atoms with van der Waals surface area (Å²) in [6.07, 6.45) is -5.23. The van der Waals surface area contributed by atoms with E-state index in [0.717, 1.165) is 7.05 Å². The fourth-order valence-corrected chi connectivity index (χ4v) is 4.25. The van der Waals surface area contributed by atoms with E-state index >= 15 is 0 Å². The second-order valence-corrected chi connectivity index (χ2v) is 7.98. The number of nitrogens with one attached hydrogen (secondary N) is 1. The Hall–Kier alpha value is -2.41. The molecule has 0 spiro atoms. The van der Waals surface area contributed by atoms with Gasteiger partial charge in [0.15, 0.2) is 11.4 Å². The van der Waals surface area contributed by atoms with Crippen LogP contribution in [0.1, 0.15) is 55.6 Å². The topological polar surface area (TPSA) is 116 Å². The van der Waals surface area contributed by atoms with Gasteiger partial charge in [0.25, 0.3) is 11.8 Å². The summed E-state index contributed by atoms with van der Waals surface area (Å²) in [5.74, 6) is -2.66. The molecule has 2 aromatic heterocycles. The number of aromatic nitrogens is 2. The monoisotopic (exact) mass is 496 g/mol. The molecule has 0 saturated carbocycles. The highest BCUT2D eigenvalue weighted by Crippen LogP contribution is 2.38. The maximum absolute atomic E-state index is 13.1. The SMILES string of the molecule is Cc1c(C(N)=O)sc(NC(=O)c2nn(C)c(C(F)(F)F)c2Br)c1C(=O)OC(C)C. The minimum absolute atomic E-state index is 0.00655. The molecule has 0 saturated heterocycles. The Kier molecular flexibility index (Phi) is 6.42. The zero-order chi connectivity index (χ0) is 22.3. The summed E-state index contributed by atoms with van der Waals surface area (Å²) < 4.78 is 44.4. The number of carbonyl (C=O) groups excluding carboxylic acids is 3. The van der Waals surface area contributed by atoms with E-state index in [1.807, 2.05) is 0 Å². The number of carbonyl (C=O) groups is 3. The van der Waals surface area contributed by atoms with Gasteiger partial charge in [-0.25, -0.2) is 4.79 Å². The molecule has 29 heavy (non-hydrogen) atoms. The number of aryl methyl sites for hydroxylation is 1. The molecule has 0 aliphatic carbocycles. The molecular formula is C16H16BrF3N4O4S. The van der Waals surface area contributed by atoms with Gasteiger partial charge in [0, 0.05) is 7.05 Å². The molecule has 0 unspecified atom stereocenters. The predicted octanol–water partition coefficient (Wildman–Crippen LogP) is 3.49. The van der Waals surface area contributed by atoms with Crippen molar-refractivity contribution >= 4 is 50.1 Å². The fourth-order valence-electron chi connectivity index (χ4n) is 2.47. The number of primary amides is 1. The maximum Gasteiger partial charge on any atom is 0.434 e. The highest BCUT2D eigenvalue weighted by molar-refractivity contribution is 9.10. The van der Waals surface area contributed by atoms with Crippen LogP contribution in [0, 0.1) is 6.92 Å². The summed E-state index contributed by atoms with van der Waals surface area (Å²) in [5, 5.41) is 5.84. The van der Waals surface area contributed by atoms with Gasteiger partial charge in [0.2, 0.25) is 0 Å². The molecule has 0 radical (unpaired) electrons. The first kappa shape index (κ1) is 22.9. The number of thiophene rings is 1. The number of halogens is 4. The van der Waals surface area contributed by atoms with Crippen molar-refractivity contribution in [2.45, 2.75) is 33.1 Å². The van der Waals surface area contributed by atoms with Crippen LogP contribution in [0.5, 0.6) is 0 Å². The largest absolute Gasteiger partial charge is 0.459 e. The number of anilines is 1. The van der Waals surface area contributed by atoms with E-state index in [1.54, 1.807) is 13.8 Å². The molecule has 2 rings (SSSR count). The number of nitrogens with two attached hydrogens (primary N) is 1. The molecule has 0 aliphatic rings. The van der Waals surface area contributed by atoms with E-state index in [-0.39, 0.29) is 21.0 Å². The summed E-state index contributed by atoms with van der Waals surface area (Å²) in [6, 6.07) is 0. The second-order valence-electron chi connectivity index (χ2n) is 6.17. The number of ether oxygens (including phenoxy) is 1. The van der Waals surface area contributed by atoms with Crippen molar-refractivity contribution in [2.75, 3.05) is 5.32 Å². The molecule has 0 bridgehead atoms. The highest BCUT2D eigenvalue weighted by Gasteiger charge is 2.40. The Morgan fingerprint density at radius 1 is 1.31 bits per heavy atom. The van der Waals surface area contributed by atoms with E-state index in [2.05, 4.69) is 26.3 Å². The van der Waals surface area contributed by atoms with Crippen LogP contribution in [0.25, 0.3) is 0 Å².